The van der Waals surface area contributed by atoms with Crippen molar-refractivity contribution in [3.05, 3.63) is 39.7 Å². The van der Waals surface area contributed by atoms with Crippen molar-refractivity contribution in [2.45, 2.75) is 26.9 Å². The molecule has 2 heterocycles. The topological polar surface area (TPSA) is 38.1 Å². The smallest absolute Gasteiger partial charge is 0.120 e. The molecule has 3 nitrogen and oxygen atoms in total. The maximum absolute atomic E-state index is 5.34. The van der Waals surface area contributed by atoms with E-state index in [1.165, 1.54) is 10.4 Å². The van der Waals surface area contributed by atoms with Crippen LogP contribution in [0.2, 0.25) is 0 Å². The van der Waals surface area contributed by atoms with Crippen molar-refractivity contribution >= 4 is 11.3 Å². The molecule has 2 aromatic heterocycles. The molecule has 2 rings (SSSR count). The van der Waals surface area contributed by atoms with E-state index in [0.29, 0.717) is 0 Å². The Balaban J connectivity index is 1.86. The molecular weight excluding hydrogens is 208 g/mol. The Morgan fingerprint density at radius 2 is 2.27 bits per heavy atom. The molecule has 0 bridgehead atoms. The summed E-state index contributed by atoms with van der Waals surface area (Å²) >= 11 is 1.69. The van der Waals surface area contributed by atoms with Gasteiger partial charge in [0.05, 0.1) is 24.0 Å². The molecule has 2 aromatic rings. The number of nitrogens with one attached hydrogen (secondary N) is 1. The number of aryl methyl sites for hydroxylation is 2. The first-order valence-electron chi connectivity index (χ1n) is 4.90. The van der Waals surface area contributed by atoms with Crippen LogP contribution >= 0.6 is 11.3 Å². The van der Waals surface area contributed by atoms with Crippen LogP contribution in [0, 0.1) is 13.8 Å². The molecule has 80 valence electrons. The van der Waals surface area contributed by atoms with Crippen LogP contribution in [0.1, 0.15) is 21.9 Å². The van der Waals surface area contributed by atoms with E-state index < -0.39 is 0 Å². The van der Waals surface area contributed by atoms with Crippen LogP contribution in [0.4, 0.5) is 0 Å². The molecule has 0 aliphatic carbocycles. The van der Waals surface area contributed by atoms with Crippen LogP contribution in [0.25, 0.3) is 0 Å². The first-order chi connectivity index (χ1) is 7.27. The van der Waals surface area contributed by atoms with E-state index in [1.54, 1.807) is 17.6 Å². The van der Waals surface area contributed by atoms with Crippen LogP contribution in [0.15, 0.2) is 22.3 Å². The summed E-state index contributed by atoms with van der Waals surface area (Å²) in [5, 5.41) is 3.35. The minimum atomic E-state index is 0.774. The number of nitrogens with zero attached hydrogens (tertiary/aromatic N) is 1. The Labute approximate surface area is 93.2 Å². The third kappa shape index (κ3) is 2.46. The molecule has 0 aliphatic heterocycles. The second kappa shape index (κ2) is 4.59. The van der Waals surface area contributed by atoms with Gasteiger partial charge in [-0.3, -0.25) is 0 Å². The summed E-state index contributed by atoms with van der Waals surface area (Å²) in [6.07, 6.45) is 1.73. The number of hydrogen-bond acceptors (Lipinski definition) is 4. The quantitative estimate of drug-likeness (QED) is 0.864. The van der Waals surface area contributed by atoms with Crippen LogP contribution in [0.5, 0.6) is 0 Å². The summed E-state index contributed by atoms with van der Waals surface area (Å²) in [7, 11) is 0. The fourth-order valence-corrected chi connectivity index (χ4v) is 2.12. The predicted octanol–water partition coefficient (Wildman–Crippen LogP) is 2.64. The zero-order valence-corrected chi connectivity index (χ0v) is 9.73. The second-order valence-electron chi connectivity index (χ2n) is 3.49. The van der Waals surface area contributed by atoms with Crippen molar-refractivity contribution in [2.24, 2.45) is 0 Å². The minimum Gasteiger partial charge on any atom is -0.468 e. The summed E-state index contributed by atoms with van der Waals surface area (Å²) in [6, 6.07) is 1.98. The van der Waals surface area contributed by atoms with E-state index in [2.05, 4.69) is 17.2 Å². The Hall–Kier alpha value is -1.13. The lowest BCUT2D eigenvalue weighted by molar-refractivity contribution is 0.480. The van der Waals surface area contributed by atoms with Gasteiger partial charge in [-0.15, -0.1) is 11.3 Å². The van der Waals surface area contributed by atoms with E-state index in [0.717, 1.165) is 24.5 Å². The summed E-state index contributed by atoms with van der Waals surface area (Å²) < 4.78 is 5.34. The van der Waals surface area contributed by atoms with Gasteiger partial charge >= 0.3 is 0 Å². The van der Waals surface area contributed by atoms with Gasteiger partial charge in [0.25, 0.3) is 0 Å². The van der Waals surface area contributed by atoms with Crippen molar-refractivity contribution < 1.29 is 4.42 Å². The van der Waals surface area contributed by atoms with E-state index in [4.69, 9.17) is 4.42 Å². The maximum Gasteiger partial charge on any atom is 0.120 e. The SMILES string of the molecule is Cc1ccoc1CNCc1scnc1C. The Kier molecular flexibility index (Phi) is 3.18. The Bertz CT molecular complexity index is 393. The average molecular weight is 222 g/mol. The van der Waals surface area contributed by atoms with Crippen molar-refractivity contribution in [3.63, 3.8) is 0 Å². The van der Waals surface area contributed by atoms with Crippen LogP contribution in [-0.2, 0) is 13.1 Å². The van der Waals surface area contributed by atoms with Gasteiger partial charge in [-0.05, 0) is 25.5 Å². The molecule has 0 saturated carbocycles. The molecule has 0 radical (unpaired) electrons. The fourth-order valence-electron chi connectivity index (χ4n) is 1.37. The number of furan rings is 1. The van der Waals surface area contributed by atoms with Crippen LogP contribution in [-0.4, -0.2) is 4.98 Å². The summed E-state index contributed by atoms with van der Waals surface area (Å²) in [5.41, 5.74) is 4.19. The molecule has 4 heteroatoms. The Morgan fingerprint density at radius 1 is 1.40 bits per heavy atom. The monoisotopic (exact) mass is 222 g/mol. The molecule has 1 N–H and O–H groups in total. The van der Waals surface area contributed by atoms with E-state index in [1.807, 2.05) is 18.5 Å². The van der Waals surface area contributed by atoms with Gasteiger partial charge in [0, 0.05) is 11.4 Å². The predicted molar refractivity (Wildman–Crippen MR) is 60.8 cm³/mol. The highest BCUT2D eigenvalue weighted by Crippen LogP contribution is 2.12. The zero-order valence-electron chi connectivity index (χ0n) is 8.91. The van der Waals surface area contributed by atoms with Crippen molar-refractivity contribution in [1.82, 2.24) is 10.3 Å². The highest BCUT2D eigenvalue weighted by molar-refractivity contribution is 7.09. The molecular formula is C11H14N2OS. The van der Waals surface area contributed by atoms with Crippen molar-refractivity contribution in [2.75, 3.05) is 0 Å². The normalized spacial score (nSPS) is 10.8. The molecule has 0 saturated heterocycles. The fraction of sp³-hybridized carbons (Fsp3) is 0.364. The second-order valence-corrected chi connectivity index (χ2v) is 4.43. The van der Waals surface area contributed by atoms with Crippen LogP contribution in [0.3, 0.4) is 0 Å². The molecule has 15 heavy (non-hydrogen) atoms. The van der Waals surface area contributed by atoms with E-state index >= 15 is 0 Å². The molecule has 0 aliphatic rings. The van der Waals surface area contributed by atoms with Gasteiger partial charge in [0.15, 0.2) is 0 Å². The molecule has 0 amide bonds. The van der Waals surface area contributed by atoms with Gasteiger partial charge in [0.2, 0.25) is 0 Å². The summed E-state index contributed by atoms with van der Waals surface area (Å²) in [6.45, 7) is 5.72. The van der Waals surface area contributed by atoms with Gasteiger partial charge in [-0.25, -0.2) is 4.98 Å². The highest BCUT2D eigenvalue weighted by atomic mass is 32.1. The lowest BCUT2D eigenvalue weighted by atomic mass is 10.3. The van der Waals surface area contributed by atoms with Crippen molar-refractivity contribution in [1.29, 1.82) is 0 Å². The standard InChI is InChI=1S/C11H14N2OS/c1-8-3-4-14-10(8)5-12-6-11-9(2)13-7-15-11/h3-4,7,12H,5-6H2,1-2H3. The van der Waals surface area contributed by atoms with Crippen LogP contribution < -0.4 is 5.32 Å². The first-order valence-corrected chi connectivity index (χ1v) is 5.78. The van der Waals surface area contributed by atoms with Gasteiger partial charge in [-0.1, -0.05) is 0 Å². The number of thiazole rings is 1. The highest BCUT2D eigenvalue weighted by Gasteiger charge is 2.03. The summed E-state index contributed by atoms with van der Waals surface area (Å²) in [4.78, 5) is 5.50. The number of rotatable bonds is 4. The molecule has 0 fully saturated rings. The Morgan fingerprint density at radius 3 is 2.87 bits per heavy atom. The number of aromatic nitrogens is 1. The lowest BCUT2D eigenvalue weighted by Crippen LogP contribution is -2.12. The number of hydrogen-bond donors (Lipinski definition) is 1. The third-order valence-corrected chi connectivity index (χ3v) is 3.32. The molecule has 0 unspecified atom stereocenters. The zero-order chi connectivity index (χ0) is 10.7. The largest absolute Gasteiger partial charge is 0.468 e. The van der Waals surface area contributed by atoms with E-state index in [9.17, 15) is 0 Å². The van der Waals surface area contributed by atoms with Gasteiger partial charge in [0.1, 0.15) is 5.76 Å². The third-order valence-electron chi connectivity index (χ3n) is 2.38. The first kappa shape index (κ1) is 10.4. The average Bonchev–Trinajstić information content (AvgIpc) is 2.78. The maximum atomic E-state index is 5.34. The van der Waals surface area contributed by atoms with E-state index in [-0.39, 0.29) is 0 Å². The van der Waals surface area contributed by atoms with Gasteiger partial charge in [-0.2, -0.15) is 0 Å². The summed E-state index contributed by atoms with van der Waals surface area (Å²) in [5.74, 6) is 1.01. The van der Waals surface area contributed by atoms with Gasteiger partial charge < -0.3 is 9.73 Å². The minimum absolute atomic E-state index is 0.774. The molecule has 0 atom stereocenters. The molecule has 0 aromatic carbocycles. The lowest BCUT2D eigenvalue weighted by Gasteiger charge is -2.02. The van der Waals surface area contributed by atoms with Crippen molar-refractivity contribution in [3.8, 4) is 0 Å². The molecule has 0 spiro atoms.